The average Bonchev–Trinajstić information content (AvgIpc) is 2.15. The number of benzene rings is 1. The lowest BCUT2D eigenvalue weighted by Gasteiger charge is -2.05. The van der Waals surface area contributed by atoms with Crippen LogP contribution in [-0.2, 0) is 4.79 Å². The van der Waals surface area contributed by atoms with E-state index >= 15 is 0 Å². The Kier molecular flexibility index (Phi) is 3.93. The van der Waals surface area contributed by atoms with Crippen molar-refractivity contribution in [3.05, 3.63) is 29.3 Å². The molecule has 0 aliphatic carbocycles. The maximum Gasteiger partial charge on any atom is 0.312 e. The zero-order valence-electron chi connectivity index (χ0n) is 7.79. The van der Waals surface area contributed by atoms with Crippen molar-refractivity contribution < 1.29 is 9.59 Å². The zero-order chi connectivity index (χ0) is 11.3. The van der Waals surface area contributed by atoms with Gasteiger partial charge in [0.05, 0.1) is 6.54 Å². The first-order chi connectivity index (χ1) is 7.08. The number of hydrogen-bond acceptors (Lipinski definition) is 2. The molecule has 4 N–H and O–H groups in total. The number of hydrogen-bond donors (Lipinski definition) is 3. The number of rotatable bonds is 3. The van der Waals surface area contributed by atoms with Gasteiger partial charge >= 0.3 is 6.03 Å². The molecule has 80 valence electrons. The first-order valence-corrected chi connectivity index (χ1v) is 4.54. The van der Waals surface area contributed by atoms with Crippen molar-refractivity contribution in [1.82, 2.24) is 5.32 Å². The third kappa shape index (κ3) is 4.33. The number of halogens is 1. The molecule has 0 aromatic heterocycles. The molecule has 0 bridgehead atoms. The molecule has 0 atom stereocenters. The Morgan fingerprint density at radius 1 is 1.40 bits per heavy atom. The molecule has 0 heterocycles. The molecule has 15 heavy (non-hydrogen) atoms. The van der Waals surface area contributed by atoms with E-state index in [-0.39, 0.29) is 12.5 Å². The van der Waals surface area contributed by atoms with Gasteiger partial charge in [0.1, 0.15) is 0 Å². The van der Waals surface area contributed by atoms with Gasteiger partial charge in [-0.25, -0.2) is 4.79 Å². The Morgan fingerprint density at radius 3 is 2.73 bits per heavy atom. The van der Waals surface area contributed by atoms with Gasteiger partial charge in [0.2, 0.25) is 5.91 Å². The van der Waals surface area contributed by atoms with Gasteiger partial charge in [0.25, 0.3) is 0 Å². The maximum absolute atomic E-state index is 11.2. The van der Waals surface area contributed by atoms with Crippen LogP contribution in [0, 0.1) is 0 Å². The van der Waals surface area contributed by atoms with Crippen LogP contribution in [0.1, 0.15) is 0 Å². The summed E-state index contributed by atoms with van der Waals surface area (Å²) in [6.07, 6.45) is 0. The standard InChI is InChI=1S/C9H10ClN3O2/c10-6-2-1-3-7(4-6)13-8(14)5-12-9(11)15/h1-4H,5H2,(H,13,14)(H3,11,12,15). The third-order valence-electron chi connectivity index (χ3n) is 1.53. The van der Waals surface area contributed by atoms with Gasteiger partial charge < -0.3 is 16.4 Å². The highest BCUT2D eigenvalue weighted by Gasteiger charge is 2.02. The second kappa shape index (κ2) is 5.21. The normalized spacial score (nSPS) is 9.40. The molecule has 6 heteroatoms. The highest BCUT2D eigenvalue weighted by atomic mass is 35.5. The summed E-state index contributed by atoms with van der Waals surface area (Å²) in [6, 6.07) is 5.95. The predicted octanol–water partition coefficient (Wildman–Crippen LogP) is 0.947. The van der Waals surface area contributed by atoms with Gasteiger partial charge in [-0.1, -0.05) is 17.7 Å². The van der Waals surface area contributed by atoms with E-state index in [2.05, 4.69) is 10.6 Å². The fraction of sp³-hybridized carbons (Fsp3) is 0.111. The molecule has 0 saturated heterocycles. The molecular formula is C9H10ClN3O2. The van der Waals surface area contributed by atoms with Crippen molar-refractivity contribution in [1.29, 1.82) is 0 Å². The van der Waals surface area contributed by atoms with Crippen molar-refractivity contribution >= 4 is 29.2 Å². The topological polar surface area (TPSA) is 84.2 Å². The van der Waals surface area contributed by atoms with E-state index < -0.39 is 6.03 Å². The number of primary amides is 1. The van der Waals surface area contributed by atoms with Crippen LogP contribution in [0.25, 0.3) is 0 Å². The quantitative estimate of drug-likeness (QED) is 0.718. The van der Waals surface area contributed by atoms with Gasteiger partial charge in [-0.2, -0.15) is 0 Å². The van der Waals surface area contributed by atoms with Gasteiger partial charge in [-0.05, 0) is 18.2 Å². The lowest BCUT2D eigenvalue weighted by molar-refractivity contribution is -0.115. The molecule has 5 nitrogen and oxygen atoms in total. The summed E-state index contributed by atoms with van der Waals surface area (Å²) in [5.41, 5.74) is 5.38. The van der Waals surface area contributed by atoms with E-state index in [4.69, 9.17) is 17.3 Å². The molecule has 1 rings (SSSR count). The largest absolute Gasteiger partial charge is 0.352 e. The lowest BCUT2D eigenvalue weighted by Crippen LogP contribution is -2.36. The van der Waals surface area contributed by atoms with E-state index in [1.165, 1.54) is 0 Å². The maximum atomic E-state index is 11.2. The summed E-state index contributed by atoms with van der Waals surface area (Å²) in [7, 11) is 0. The molecule has 0 unspecified atom stereocenters. The Bertz CT molecular complexity index is 381. The van der Waals surface area contributed by atoms with Crippen LogP contribution < -0.4 is 16.4 Å². The Morgan fingerprint density at radius 2 is 2.13 bits per heavy atom. The van der Waals surface area contributed by atoms with Crippen LogP contribution in [0.5, 0.6) is 0 Å². The number of carbonyl (C=O) groups excluding carboxylic acids is 2. The zero-order valence-corrected chi connectivity index (χ0v) is 8.54. The number of amides is 3. The smallest absolute Gasteiger partial charge is 0.312 e. The Balaban J connectivity index is 2.48. The van der Waals surface area contributed by atoms with Crippen LogP contribution in [0.15, 0.2) is 24.3 Å². The highest BCUT2D eigenvalue weighted by molar-refractivity contribution is 6.30. The van der Waals surface area contributed by atoms with Gasteiger partial charge in [0, 0.05) is 10.7 Å². The Hall–Kier alpha value is -1.75. The molecule has 0 spiro atoms. The van der Waals surface area contributed by atoms with Crippen LogP contribution in [0.4, 0.5) is 10.5 Å². The third-order valence-corrected chi connectivity index (χ3v) is 1.77. The summed E-state index contributed by atoms with van der Waals surface area (Å²) < 4.78 is 0. The van der Waals surface area contributed by atoms with Crippen molar-refractivity contribution in [2.75, 3.05) is 11.9 Å². The van der Waals surface area contributed by atoms with Crippen LogP contribution in [0.2, 0.25) is 5.02 Å². The van der Waals surface area contributed by atoms with Crippen molar-refractivity contribution in [3.63, 3.8) is 0 Å². The summed E-state index contributed by atoms with van der Waals surface area (Å²) in [5.74, 6) is -0.365. The number of carbonyl (C=O) groups is 2. The van der Waals surface area contributed by atoms with Crippen molar-refractivity contribution in [2.45, 2.75) is 0 Å². The van der Waals surface area contributed by atoms with E-state index in [9.17, 15) is 9.59 Å². The first-order valence-electron chi connectivity index (χ1n) is 4.16. The molecule has 0 aliphatic heterocycles. The monoisotopic (exact) mass is 227 g/mol. The fourth-order valence-corrected chi connectivity index (χ4v) is 1.13. The lowest BCUT2D eigenvalue weighted by atomic mass is 10.3. The van der Waals surface area contributed by atoms with E-state index in [0.29, 0.717) is 10.7 Å². The summed E-state index contributed by atoms with van der Waals surface area (Å²) in [4.78, 5) is 21.5. The van der Waals surface area contributed by atoms with E-state index in [0.717, 1.165) is 0 Å². The van der Waals surface area contributed by atoms with Crippen molar-refractivity contribution in [3.8, 4) is 0 Å². The minimum atomic E-state index is -0.740. The molecule has 1 aromatic carbocycles. The average molecular weight is 228 g/mol. The molecule has 0 radical (unpaired) electrons. The number of urea groups is 1. The van der Waals surface area contributed by atoms with Crippen LogP contribution >= 0.6 is 11.6 Å². The predicted molar refractivity (Wildman–Crippen MR) is 57.7 cm³/mol. The molecule has 0 saturated carbocycles. The van der Waals surface area contributed by atoms with Gasteiger partial charge in [-0.15, -0.1) is 0 Å². The summed E-state index contributed by atoms with van der Waals surface area (Å²) in [6.45, 7) is -0.165. The second-order valence-corrected chi connectivity index (χ2v) is 3.21. The molecule has 3 amide bonds. The molecule has 0 fully saturated rings. The number of nitrogens with one attached hydrogen (secondary N) is 2. The highest BCUT2D eigenvalue weighted by Crippen LogP contribution is 2.14. The van der Waals surface area contributed by atoms with E-state index in [1.807, 2.05) is 0 Å². The molecular weight excluding hydrogens is 218 g/mol. The number of anilines is 1. The van der Waals surface area contributed by atoms with E-state index in [1.54, 1.807) is 24.3 Å². The molecule has 1 aromatic rings. The minimum absolute atomic E-state index is 0.165. The second-order valence-electron chi connectivity index (χ2n) is 2.78. The fourth-order valence-electron chi connectivity index (χ4n) is 0.939. The molecule has 0 aliphatic rings. The van der Waals surface area contributed by atoms with Gasteiger partial charge in [-0.3, -0.25) is 4.79 Å². The Labute approximate surface area is 91.6 Å². The van der Waals surface area contributed by atoms with Crippen LogP contribution in [-0.4, -0.2) is 18.5 Å². The van der Waals surface area contributed by atoms with Gasteiger partial charge in [0.15, 0.2) is 0 Å². The van der Waals surface area contributed by atoms with Crippen LogP contribution in [0.3, 0.4) is 0 Å². The number of nitrogens with two attached hydrogens (primary N) is 1. The first kappa shape index (κ1) is 11.3. The minimum Gasteiger partial charge on any atom is -0.352 e. The summed E-state index contributed by atoms with van der Waals surface area (Å²) >= 11 is 5.71. The SMILES string of the molecule is NC(=O)NCC(=O)Nc1cccc(Cl)c1. The van der Waals surface area contributed by atoms with Crippen molar-refractivity contribution in [2.24, 2.45) is 5.73 Å². The summed E-state index contributed by atoms with van der Waals surface area (Å²) in [5, 5.41) is 5.24.